The van der Waals surface area contributed by atoms with Gasteiger partial charge in [0.15, 0.2) is 0 Å². The average Bonchev–Trinajstić information content (AvgIpc) is 2.28. The van der Waals surface area contributed by atoms with Gasteiger partial charge in [0.05, 0.1) is 0 Å². The zero-order valence-corrected chi connectivity index (χ0v) is 10.9. The molecular formula is C14H28N2. The summed E-state index contributed by atoms with van der Waals surface area (Å²) in [5.41, 5.74) is 0. The van der Waals surface area contributed by atoms with Gasteiger partial charge in [0.2, 0.25) is 0 Å². The average molecular weight is 224 g/mol. The second-order valence-corrected chi connectivity index (χ2v) is 4.10. The predicted molar refractivity (Wildman–Crippen MR) is 73.8 cm³/mol. The van der Waals surface area contributed by atoms with Crippen LogP contribution in [-0.2, 0) is 0 Å². The third kappa shape index (κ3) is 9.94. The molecule has 0 fully saturated rings. The smallest absolute Gasteiger partial charge is 0.0163 e. The molecule has 0 spiro atoms. The van der Waals surface area contributed by atoms with E-state index >= 15 is 0 Å². The van der Waals surface area contributed by atoms with Crippen molar-refractivity contribution in [1.82, 2.24) is 10.2 Å². The summed E-state index contributed by atoms with van der Waals surface area (Å²) in [4.78, 5) is 2.38. The van der Waals surface area contributed by atoms with Gasteiger partial charge in [-0.05, 0) is 32.5 Å². The Labute approximate surface area is 101 Å². The van der Waals surface area contributed by atoms with E-state index < -0.39 is 0 Å². The maximum absolute atomic E-state index is 3.78. The second-order valence-electron chi connectivity index (χ2n) is 4.10. The topological polar surface area (TPSA) is 15.3 Å². The summed E-state index contributed by atoms with van der Waals surface area (Å²) in [6, 6.07) is 0. The van der Waals surface area contributed by atoms with Crippen LogP contribution in [-0.4, -0.2) is 37.6 Å². The zero-order chi connectivity index (χ0) is 12.1. The predicted octanol–water partition coefficient (Wildman–Crippen LogP) is 2.83. The van der Waals surface area contributed by atoms with Crippen LogP contribution in [0.2, 0.25) is 0 Å². The van der Waals surface area contributed by atoms with Crippen molar-refractivity contribution in [3.05, 3.63) is 25.3 Å². The van der Waals surface area contributed by atoms with Gasteiger partial charge in [-0.1, -0.05) is 31.9 Å². The first-order valence-corrected chi connectivity index (χ1v) is 6.50. The van der Waals surface area contributed by atoms with Crippen LogP contribution in [0.25, 0.3) is 0 Å². The molecule has 0 amide bonds. The molecule has 2 heteroatoms. The van der Waals surface area contributed by atoms with E-state index in [9.17, 15) is 0 Å². The van der Waals surface area contributed by atoms with Crippen molar-refractivity contribution < 1.29 is 0 Å². The van der Waals surface area contributed by atoms with Crippen LogP contribution in [0, 0.1) is 0 Å². The van der Waals surface area contributed by atoms with E-state index in [2.05, 4.69) is 30.3 Å². The molecule has 0 unspecified atom stereocenters. The molecule has 16 heavy (non-hydrogen) atoms. The molecule has 0 aliphatic heterocycles. The number of hydrogen-bond donors (Lipinski definition) is 1. The first kappa shape index (κ1) is 15.4. The number of unbranched alkanes of at least 4 members (excludes halogenated alkanes) is 3. The van der Waals surface area contributed by atoms with Gasteiger partial charge in [-0.2, -0.15) is 0 Å². The van der Waals surface area contributed by atoms with E-state index in [1.165, 1.54) is 38.8 Å². The molecule has 2 nitrogen and oxygen atoms in total. The van der Waals surface area contributed by atoms with Crippen LogP contribution in [0.4, 0.5) is 0 Å². The Bertz CT molecular complexity index is 156. The van der Waals surface area contributed by atoms with Gasteiger partial charge in [0, 0.05) is 13.1 Å². The minimum absolute atomic E-state index is 0.976. The van der Waals surface area contributed by atoms with Crippen LogP contribution in [0.15, 0.2) is 25.3 Å². The Morgan fingerprint density at radius 1 is 1.00 bits per heavy atom. The molecule has 1 N–H and O–H groups in total. The summed E-state index contributed by atoms with van der Waals surface area (Å²) in [5.74, 6) is 0. The summed E-state index contributed by atoms with van der Waals surface area (Å²) >= 11 is 0. The lowest BCUT2D eigenvalue weighted by atomic mass is 10.2. The molecule has 0 aromatic rings. The summed E-state index contributed by atoms with van der Waals surface area (Å²) in [7, 11) is 0. The third-order valence-corrected chi connectivity index (χ3v) is 2.60. The van der Waals surface area contributed by atoms with Gasteiger partial charge in [-0.25, -0.2) is 0 Å². The second kappa shape index (κ2) is 12.5. The van der Waals surface area contributed by atoms with Gasteiger partial charge in [0.1, 0.15) is 0 Å². The highest BCUT2D eigenvalue weighted by atomic mass is 15.1. The SMILES string of the molecule is C=CCN(CC=C)CCCCCCNCC. The van der Waals surface area contributed by atoms with Gasteiger partial charge in [-0.3, -0.25) is 4.90 Å². The molecule has 0 aromatic heterocycles. The molecule has 0 radical (unpaired) electrons. The van der Waals surface area contributed by atoms with Crippen LogP contribution < -0.4 is 5.32 Å². The van der Waals surface area contributed by atoms with Crippen molar-refractivity contribution in [3.8, 4) is 0 Å². The maximum atomic E-state index is 3.78. The van der Waals surface area contributed by atoms with Gasteiger partial charge in [-0.15, -0.1) is 13.2 Å². The summed E-state index contributed by atoms with van der Waals surface area (Å²) in [6.45, 7) is 15.1. The fourth-order valence-corrected chi connectivity index (χ4v) is 1.74. The molecular weight excluding hydrogens is 196 g/mol. The van der Waals surface area contributed by atoms with Gasteiger partial charge in [0.25, 0.3) is 0 Å². The van der Waals surface area contributed by atoms with E-state index in [0.717, 1.165) is 19.6 Å². The number of hydrogen-bond acceptors (Lipinski definition) is 2. The fraction of sp³-hybridized carbons (Fsp3) is 0.714. The molecule has 0 saturated heterocycles. The Morgan fingerprint density at radius 2 is 1.62 bits per heavy atom. The summed E-state index contributed by atoms with van der Waals surface area (Å²) in [6.07, 6.45) is 9.19. The Hall–Kier alpha value is -0.600. The number of rotatable bonds is 12. The van der Waals surface area contributed by atoms with Crippen LogP contribution in [0.5, 0.6) is 0 Å². The van der Waals surface area contributed by atoms with Gasteiger partial charge >= 0.3 is 0 Å². The maximum Gasteiger partial charge on any atom is 0.0163 e. The lowest BCUT2D eigenvalue weighted by Gasteiger charge is -2.18. The summed E-state index contributed by atoms with van der Waals surface area (Å²) in [5, 5.41) is 3.35. The molecule has 0 aromatic carbocycles. The highest BCUT2D eigenvalue weighted by Gasteiger charge is 1.99. The lowest BCUT2D eigenvalue weighted by molar-refractivity contribution is 0.324. The minimum atomic E-state index is 0.976. The summed E-state index contributed by atoms with van der Waals surface area (Å²) < 4.78 is 0. The first-order valence-electron chi connectivity index (χ1n) is 6.50. The minimum Gasteiger partial charge on any atom is -0.317 e. The molecule has 0 aliphatic carbocycles. The van der Waals surface area contributed by atoms with Crippen LogP contribution in [0.3, 0.4) is 0 Å². The van der Waals surface area contributed by atoms with Crippen molar-refractivity contribution in [2.75, 3.05) is 32.7 Å². The molecule has 0 saturated carbocycles. The quantitative estimate of drug-likeness (QED) is 0.405. The zero-order valence-electron chi connectivity index (χ0n) is 10.9. The molecule has 94 valence electrons. The fourth-order valence-electron chi connectivity index (χ4n) is 1.74. The van der Waals surface area contributed by atoms with E-state index in [-0.39, 0.29) is 0 Å². The third-order valence-electron chi connectivity index (χ3n) is 2.60. The van der Waals surface area contributed by atoms with Crippen molar-refractivity contribution in [2.24, 2.45) is 0 Å². The van der Waals surface area contributed by atoms with Crippen LogP contribution in [0.1, 0.15) is 32.6 Å². The van der Waals surface area contributed by atoms with E-state index in [0.29, 0.717) is 0 Å². The van der Waals surface area contributed by atoms with E-state index in [1.807, 2.05) is 12.2 Å². The standard InChI is InChI=1S/C14H28N2/c1-4-12-16(13-5-2)14-10-8-7-9-11-15-6-3/h4-5,15H,1-2,6-14H2,3H3. The Kier molecular flexibility index (Phi) is 12.0. The first-order chi connectivity index (χ1) is 7.85. The van der Waals surface area contributed by atoms with Crippen molar-refractivity contribution in [3.63, 3.8) is 0 Å². The highest BCUT2D eigenvalue weighted by Crippen LogP contribution is 2.01. The lowest BCUT2D eigenvalue weighted by Crippen LogP contribution is -2.25. The van der Waals surface area contributed by atoms with Crippen molar-refractivity contribution in [2.45, 2.75) is 32.6 Å². The largest absolute Gasteiger partial charge is 0.317 e. The highest BCUT2D eigenvalue weighted by molar-refractivity contribution is 4.79. The molecule has 0 atom stereocenters. The number of nitrogens with zero attached hydrogens (tertiary/aromatic N) is 1. The van der Waals surface area contributed by atoms with Crippen LogP contribution >= 0.6 is 0 Å². The monoisotopic (exact) mass is 224 g/mol. The van der Waals surface area contributed by atoms with E-state index in [4.69, 9.17) is 0 Å². The van der Waals surface area contributed by atoms with Crippen molar-refractivity contribution >= 4 is 0 Å². The van der Waals surface area contributed by atoms with Crippen molar-refractivity contribution in [1.29, 1.82) is 0 Å². The number of nitrogens with one attached hydrogen (secondary N) is 1. The van der Waals surface area contributed by atoms with Gasteiger partial charge < -0.3 is 5.32 Å². The Morgan fingerprint density at radius 3 is 2.19 bits per heavy atom. The molecule has 0 aliphatic rings. The Balaban J connectivity index is 3.32. The normalized spacial score (nSPS) is 10.6. The molecule has 0 bridgehead atoms. The molecule has 0 rings (SSSR count). The molecule has 0 heterocycles. The van der Waals surface area contributed by atoms with E-state index in [1.54, 1.807) is 0 Å².